The van der Waals surface area contributed by atoms with Crippen LogP contribution in [0.25, 0.3) is 0 Å². The van der Waals surface area contributed by atoms with Crippen LogP contribution in [0, 0.1) is 11.2 Å². The summed E-state index contributed by atoms with van der Waals surface area (Å²) in [5, 5.41) is 11.5. The Morgan fingerprint density at radius 3 is 2.64 bits per heavy atom. The van der Waals surface area contributed by atoms with E-state index < -0.39 is 0 Å². The van der Waals surface area contributed by atoms with Crippen molar-refractivity contribution in [3.05, 3.63) is 54.0 Å². The fourth-order valence-corrected chi connectivity index (χ4v) is 3.13. The number of hydrogen-bond acceptors (Lipinski definition) is 3. The Kier molecular flexibility index (Phi) is 7.03. The molecule has 1 heterocycles. The second-order valence-electron chi connectivity index (χ2n) is 6.06. The third kappa shape index (κ3) is 5.31. The van der Waals surface area contributed by atoms with E-state index in [0.29, 0.717) is 11.6 Å². The van der Waals surface area contributed by atoms with Gasteiger partial charge in [0, 0.05) is 0 Å². The zero-order valence-electron chi connectivity index (χ0n) is 14.7. The van der Waals surface area contributed by atoms with Crippen molar-refractivity contribution >= 4 is 10.2 Å². The molecule has 133 valence electrons. The Labute approximate surface area is 157 Å². The van der Waals surface area contributed by atoms with Crippen LogP contribution in [0.4, 0.5) is 4.39 Å². The van der Waals surface area contributed by atoms with Crippen LogP contribution < -0.4 is 10.1 Å². The van der Waals surface area contributed by atoms with Gasteiger partial charge in [0.2, 0.25) is 0 Å². The van der Waals surface area contributed by atoms with Gasteiger partial charge in [-0.15, -0.1) is 0 Å². The maximum absolute atomic E-state index is 13.2. The fourth-order valence-electron chi connectivity index (χ4n) is 2.73. The van der Waals surface area contributed by atoms with E-state index >= 15 is 0 Å². The summed E-state index contributed by atoms with van der Waals surface area (Å²) in [6.45, 7) is 9.13. The summed E-state index contributed by atoms with van der Waals surface area (Å²) in [6, 6.07) is 6.25. The molecule has 0 atom stereocenters. The third-order valence-corrected chi connectivity index (χ3v) is 5.09. The number of nitrogens with zero attached hydrogens (tertiary/aromatic N) is 1. The van der Waals surface area contributed by atoms with Crippen LogP contribution in [0.2, 0.25) is 0 Å². The Morgan fingerprint density at radius 1 is 1.36 bits per heavy atom. The first-order valence-electron chi connectivity index (χ1n) is 8.29. The summed E-state index contributed by atoms with van der Waals surface area (Å²) in [5.41, 5.74) is 1.97. The van der Waals surface area contributed by atoms with Gasteiger partial charge in [-0.1, -0.05) is 0 Å². The minimum absolute atomic E-state index is 0.0589. The normalized spacial score (nSPS) is 16.0. The van der Waals surface area contributed by atoms with Gasteiger partial charge in [-0.05, 0) is 6.07 Å². The first kappa shape index (κ1) is 19.5. The molecule has 1 aromatic rings. The van der Waals surface area contributed by atoms with Gasteiger partial charge in [0.15, 0.2) is 0 Å². The number of ether oxygens (including phenoxy) is 1. The number of benzene rings is 1. The van der Waals surface area contributed by atoms with Crippen molar-refractivity contribution in [2.24, 2.45) is 0 Å². The molecular weight excluding hydrogens is 356 g/mol. The molecule has 6 heteroatoms. The van der Waals surface area contributed by atoms with Gasteiger partial charge in [-0.3, -0.25) is 0 Å². The molecule has 4 nitrogen and oxygen atoms in total. The molecule has 0 unspecified atom stereocenters. The SMILES string of the molecule is C=CN[C](=[V])/C(C)=C(/C)C(=N)N1CCC(Oc2cccc(F)c2)CC1. The van der Waals surface area contributed by atoms with Gasteiger partial charge in [0.25, 0.3) is 0 Å². The van der Waals surface area contributed by atoms with E-state index in [1.54, 1.807) is 18.3 Å². The molecule has 1 saturated heterocycles. The number of nitrogens with one attached hydrogen (secondary N) is 2. The molecule has 0 aromatic heterocycles. The fraction of sp³-hybridized carbons (Fsp3) is 0.368. The van der Waals surface area contributed by atoms with Crippen molar-refractivity contribution in [1.29, 1.82) is 5.41 Å². The second kappa shape index (κ2) is 9.02. The van der Waals surface area contributed by atoms with Crippen molar-refractivity contribution in [2.75, 3.05) is 13.1 Å². The molecule has 0 radical (unpaired) electrons. The van der Waals surface area contributed by atoms with Gasteiger partial charge in [0.1, 0.15) is 0 Å². The third-order valence-electron chi connectivity index (χ3n) is 4.37. The van der Waals surface area contributed by atoms with Crippen molar-refractivity contribution in [3.8, 4) is 5.75 Å². The standard InChI is InChI=1S/C19H24FN3O.V/c1-4-22-13-14(2)15(3)19(21)23-10-8-17(9-11-23)24-18-7-5-6-16(20)12-18;/h4-7,12,17,21-22H,1,8-11H2,2-3H3;/b15-14-,21-19?;. The monoisotopic (exact) mass is 380 g/mol. The number of rotatable bonds is 6. The van der Waals surface area contributed by atoms with Gasteiger partial charge < -0.3 is 0 Å². The van der Waals surface area contributed by atoms with E-state index in [4.69, 9.17) is 10.1 Å². The van der Waals surface area contributed by atoms with Crippen LogP contribution >= 0.6 is 0 Å². The molecule has 0 amide bonds. The van der Waals surface area contributed by atoms with Crippen LogP contribution in [0.1, 0.15) is 26.7 Å². The Morgan fingerprint density at radius 2 is 2.04 bits per heavy atom. The Hall–Kier alpha value is -1.85. The second-order valence-corrected chi connectivity index (χ2v) is 6.76. The summed E-state index contributed by atoms with van der Waals surface area (Å²) in [7, 11) is 0. The summed E-state index contributed by atoms with van der Waals surface area (Å²) in [6.07, 6.45) is 3.32. The maximum atomic E-state index is 13.2. The predicted octanol–water partition coefficient (Wildman–Crippen LogP) is 3.39. The number of hydrogen-bond donors (Lipinski definition) is 2. The molecule has 2 N–H and O–H groups in total. The molecule has 25 heavy (non-hydrogen) atoms. The van der Waals surface area contributed by atoms with E-state index in [9.17, 15) is 4.39 Å². The van der Waals surface area contributed by atoms with Gasteiger partial charge in [-0.25, -0.2) is 4.39 Å². The van der Waals surface area contributed by atoms with Gasteiger partial charge in [0.05, 0.1) is 0 Å². The molecule has 0 bridgehead atoms. The van der Waals surface area contributed by atoms with Gasteiger partial charge >= 0.3 is 147 Å². The molecule has 0 saturated carbocycles. The van der Waals surface area contributed by atoms with Gasteiger partial charge in [-0.2, -0.15) is 0 Å². The Bertz CT molecular complexity index is 694. The van der Waals surface area contributed by atoms with Crippen LogP contribution in [0.3, 0.4) is 0 Å². The summed E-state index contributed by atoms with van der Waals surface area (Å²) in [5.74, 6) is 0.821. The number of amidine groups is 1. The molecular formula is C19H24FN3OV. The number of likely N-dealkylation sites (tertiary alicyclic amines) is 1. The summed E-state index contributed by atoms with van der Waals surface area (Å²) >= 11 is 2.47. The molecule has 1 aromatic carbocycles. The molecule has 1 aliphatic heterocycles. The summed E-state index contributed by atoms with van der Waals surface area (Å²) in [4.78, 5) is 2.07. The molecule has 2 rings (SSSR count). The van der Waals surface area contributed by atoms with Crippen molar-refractivity contribution in [1.82, 2.24) is 10.2 Å². The zero-order valence-corrected chi connectivity index (χ0v) is 16.1. The average molecular weight is 380 g/mol. The van der Waals surface area contributed by atoms with Crippen LogP contribution in [-0.4, -0.2) is 34.3 Å². The van der Waals surface area contributed by atoms with E-state index in [0.717, 1.165) is 41.4 Å². The van der Waals surface area contributed by atoms with Crippen LogP contribution in [-0.2, 0) is 17.0 Å². The quantitative estimate of drug-likeness (QED) is 0.588. The molecule has 0 aliphatic carbocycles. The van der Waals surface area contributed by atoms with Crippen LogP contribution in [0.5, 0.6) is 5.75 Å². The molecule has 0 spiro atoms. The van der Waals surface area contributed by atoms with Crippen molar-refractivity contribution in [3.63, 3.8) is 0 Å². The van der Waals surface area contributed by atoms with E-state index in [2.05, 4.69) is 33.8 Å². The van der Waals surface area contributed by atoms with Crippen molar-refractivity contribution < 1.29 is 26.1 Å². The summed E-state index contributed by atoms with van der Waals surface area (Å²) < 4.78 is 20.0. The topological polar surface area (TPSA) is 48.4 Å². The van der Waals surface area contributed by atoms with E-state index in [-0.39, 0.29) is 11.9 Å². The average Bonchev–Trinajstić information content (AvgIpc) is 2.60. The first-order valence-corrected chi connectivity index (χ1v) is 8.99. The zero-order chi connectivity index (χ0) is 18.4. The van der Waals surface area contributed by atoms with Crippen LogP contribution in [0.15, 0.2) is 48.2 Å². The minimum atomic E-state index is -0.286. The number of halogens is 1. The Balaban J connectivity index is 1.92. The first-order chi connectivity index (χ1) is 11.9. The molecule has 1 fully saturated rings. The predicted molar refractivity (Wildman–Crippen MR) is 96.1 cm³/mol. The van der Waals surface area contributed by atoms with Crippen molar-refractivity contribution in [2.45, 2.75) is 32.8 Å². The van der Waals surface area contributed by atoms with E-state index in [1.807, 2.05) is 13.8 Å². The van der Waals surface area contributed by atoms with E-state index in [1.165, 1.54) is 12.1 Å². The molecule has 1 aliphatic rings. The number of piperidine rings is 1.